The Bertz CT molecular complexity index is 2730. The second-order valence-corrected chi connectivity index (χ2v) is 15.5. The predicted molar refractivity (Wildman–Crippen MR) is 245 cm³/mol. The van der Waals surface area contributed by atoms with E-state index in [1.807, 2.05) is 72.8 Å². The first kappa shape index (κ1) is 47.1. The van der Waals surface area contributed by atoms with Crippen LogP contribution >= 0.6 is 0 Å². The molecule has 0 bridgehead atoms. The number of carboxylic acid groups (broad SMARTS) is 2. The highest BCUT2D eigenvalue weighted by molar-refractivity contribution is 5.98. The van der Waals surface area contributed by atoms with Crippen LogP contribution in [0, 0.1) is 0 Å². The summed E-state index contributed by atoms with van der Waals surface area (Å²) in [5.74, 6) is -5.86. The Morgan fingerprint density at radius 1 is 0.515 bits per heavy atom. The van der Waals surface area contributed by atoms with Gasteiger partial charge in [-0.2, -0.15) is 10.2 Å². The van der Waals surface area contributed by atoms with Crippen LogP contribution in [0.1, 0.15) is 56.7 Å². The average Bonchev–Trinajstić information content (AvgIpc) is 3.31. The number of carboxylic acids is 2. The lowest BCUT2D eigenvalue weighted by Crippen LogP contribution is -2.57. The molecule has 0 aliphatic rings. The van der Waals surface area contributed by atoms with E-state index in [2.05, 4.69) is 31.5 Å². The number of carbonyl (C=O) groups is 6. The highest BCUT2D eigenvalue weighted by Crippen LogP contribution is 2.28. The Kier molecular flexibility index (Phi) is 16.3. The predicted octanol–water partition coefficient (Wildman–Crippen LogP) is 6.53. The monoisotopic (exact) mass is 892 g/mol. The van der Waals surface area contributed by atoms with Crippen molar-refractivity contribution in [2.45, 2.75) is 56.7 Å². The SMILES string of the molecule is O=C(Cc1ccc2ccccc2c1)N[C@@H](Cc1ccccc1)C(=O)N[C@@H](Cc1ccccc1)C(=O)N[C@@H](CCCCNC(=O)c1cc(N=Nc2ccc(O)c(C(=O)O)c2)ccc1O)C(=O)O. The fourth-order valence-electron chi connectivity index (χ4n) is 7.11. The van der Waals surface area contributed by atoms with Gasteiger partial charge in [-0.15, -0.1) is 0 Å². The van der Waals surface area contributed by atoms with Gasteiger partial charge in [0.15, 0.2) is 0 Å². The molecular weight excluding hydrogens is 845 g/mol. The quantitative estimate of drug-likeness (QED) is 0.0286. The maximum atomic E-state index is 14.1. The van der Waals surface area contributed by atoms with Crippen molar-refractivity contribution in [3.63, 3.8) is 0 Å². The van der Waals surface area contributed by atoms with Crippen LogP contribution in [0.25, 0.3) is 10.8 Å². The lowest BCUT2D eigenvalue weighted by atomic mass is 10.0. The van der Waals surface area contributed by atoms with Crippen LogP contribution in [-0.4, -0.2) is 80.7 Å². The van der Waals surface area contributed by atoms with Crippen molar-refractivity contribution in [3.8, 4) is 11.5 Å². The van der Waals surface area contributed by atoms with Crippen molar-refractivity contribution in [2.75, 3.05) is 6.54 Å². The molecule has 4 amide bonds. The maximum Gasteiger partial charge on any atom is 0.339 e. The van der Waals surface area contributed by atoms with Crippen molar-refractivity contribution < 1.29 is 49.2 Å². The summed E-state index contributed by atoms with van der Waals surface area (Å²) in [5.41, 5.74) is 2.02. The molecule has 6 rings (SSSR count). The summed E-state index contributed by atoms with van der Waals surface area (Å²) < 4.78 is 0. The van der Waals surface area contributed by atoms with Gasteiger partial charge in [0, 0.05) is 19.4 Å². The summed E-state index contributed by atoms with van der Waals surface area (Å²) in [6, 6.07) is 35.4. The van der Waals surface area contributed by atoms with Gasteiger partial charge in [-0.3, -0.25) is 19.2 Å². The summed E-state index contributed by atoms with van der Waals surface area (Å²) in [5, 5.41) is 60.3. The van der Waals surface area contributed by atoms with Gasteiger partial charge in [-0.05, 0) is 83.1 Å². The molecule has 8 N–H and O–H groups in total. The van der Waals surface area contributed by atoms with Gasteiger partial charge in [-0.25, -0.2) is 9.59 Å². The number of azo groups is 1. The molecule has 3 atom stereocenters. The molecule has 0 saturated carbocycles. The molecular formula is C50H48N6O10. The molecule has 0 aliphatic heterocycles. The topological polar surface area (TPSA) is 256 Å². The molecule has 0 radical (unpaired) electrons. The van der Waals surface area contributed by atoms with E-state index in [-0.39, 0.29) is 66.9 Å². The number of phenols is 2. The van der Waals surface area contributed by atoms with Gasteiger partial charge < -0.3 is 41.7 Å². The standard InChI is InChI=1S/C50H48N6O10/c57-43-22-20-36(55-56-37-21-23-44(58)39(30-37)49(63)64)29-38(43)46(60)51-24-10-9-17-40(50(65)66)53-48(62)42(27-32-13-5-2-6-14-32)54-47(61)41(26-31-11-3-1-4-12-31)52-45(59)28-33-18-19-34-15-7-8-16-35(34)25-33/h1-8,11-16,18-23,25,29-30,40-42,57-58H,9-10,17,24,26-28H2,(H,51,60)(H,52,59)(H,53,62)(H,54,61)(H,63,64)(H,65,66)/t40-,41-,42-/m0/s1. The third kappa shape index (κ3) is 13.6. The van der Waals surface area contributed by atoms with E-state index in [0.717, 1.165) is 34.0 Å². The van der Waals surface area contributed by atoms with Crippen LogP contribution < -0.4 is 21.3 Å². The summed E-state index contributed by atoms with van der Waals surface area (Å²) >= 11 is 0. The second kappa shape index (κ2) is 22.8. The van der Waals surface area contributed by atoms with Gasteiger partial charge in [-0.1, -0.05) is 103 Å². The van der Waals surface area contributed by atoms with E-state index < -0.39 is 59.4 Å². The van der Waals surface area contributed by atoms with Crippen molar-refractivity contribution in [2.24, 2.45) is 10.2 Å². The van der Waals surface area contributed by atoms with Crippen molar-refractivity contribution in [1.29, 1.82) is 0 Å². The number of amides is 4. The van der Waals surface area contributed by atoms with E-state index in [0.29, 0.717) is 12.0 Å². The summed E-state index contributed by atoms with van der Waals surface area (Å²) in [6.07, 6.45) is 0.678. The minimum absolute atomic E-state index is 0.00613. The number of hydrogen-bond acceptors (Lipinski definition) is 10. The molecule has 6 aromatic carbocycles. The third-order valence-corrected chi connectivity index (χ3v) is 10.6. The molecule has 16 heteroatoms. The molecule has 0 aromatic heterocycles. The van der Waals surface area contributed by atoms with Gasteiger partial charge in [0.05, 0.1) is 23.4 Å². The Morgan fingerprint density at radius 3 is 1.64 bits per heavy atom. The highest BCUT2D eigenvalue weighted by Gasteiger charge is 2.30. The number of nitrogens with zero attached hydrogens (tertiary/aromatic N) is 2. The van der Waals surface area contributed by atoms with Crippen LogP contribution in [0.5, 0.6) is 11.5 Å². The molecule has 0 aliphatic carbocycles. The normalized spacial score (nSPS) is 12.4. The molecule has 338 valence electrons. The van der Waals surface area contributed by atoms with Crippen LogP contribution in [-0.2, 0) is 38.4 Å². The highest BCUT2D eigenvalue weighted by atomic mass is 16.4. The largest absolute Gasteiger partial charge is 0.507 e. The van der Waals surface area contributed by atoms with E-state index in [1.165, 1.54) is 24.3 Å². The van der Waals surface area contributed by atoms with Crippen molar-refractivity contribution in [1.82, 2.24) is 21.3 Å². The zero-order chi connectivity index (χ0) is 47.0. The van der Waals surface area contributed by atoms with Crippen molar-refractivity contribution >= 4 is 57.7 Å². The molecule has 0 fully saturated rings. The molecule has 66 heavy (non-hydrogen) atoms. The molecule has 0 unspecified atom stereocenters. The minimum atomic E-state index is -1.36. The number of benzene rings is 6. The summed E-state index contributed by atoms with van der Waals surface area (Å²) in [6.45, 7) is 0.0812. The zero-order valence-corrected chi connectivity index (χ0v) is 35.6. The molecule has 0 saturated heterocycles. The first-order valence-corrected chi connectivity index (χ1v) is 21.1. The first-order chi connectivity index (χ1) is 31.8. The van der Waals surface area contributed by atoms with Crippen LogP contribution in [0.15, 0.2) is 150 Å². The average molecular weight is 893 g/mol. The van der Waals surface area contributed by atoms with Crippen molar-refractivity contribution in [3.05, 3.63) is 167 Å². The molecule has 6 aromatic rings. The number of carbonyl (C=O) groups excluding carboxylic acids is 4. The second-order valence-electron chi connectivity index (χ2n) is 15.5. The minimum Gasteiger partial charge on any atom is -0.507 e. The lowest BCUT2D eigenvalue weighted by Gasteiger charge is -2.25. The number of aliphatic carboxylic acids is 1. The summed E-state index contributed by atoms with van der Waals surface area (Å²) in [4.78, 5) is 78.3. The number of rotatable bonds is 21. The van der Waals surface area contributed by atoms with Crippen LogP contribution in [0.4, 0.5) is 11.4 Å². The van der Waals surface area contributed by atoms with Gasteiger partial charge in [0.2, 0.25) is 17.7 Å². The Balaban J connectivity index is 1.06. The number of fused-ring (bicyclic) bond motifs is 1. The van der Waals surface area contributed by atoms with E-state index in [1.54, 1.807) is 30.3 Å². The number of nitrogens with one attached hydrogen (secondary N) is 4. The molecule has 16 nitrogen and oxygen atoms in total. The van der Waals surface area contributed by atoms with Gasteiger partial charge >= 0.3 is 11.9 Å². The lowest BCUT2D eigenvalue weighted by molar-refractivity contribution is -0.142. The van der Waals surface area contributed by atoms with Crippen LogP contribution in [0.2, 0.25) is 0 Å². The number of phenolic OH excluding ortho intramolecular Hbond substituents is 1. The number of aromatic hydroxyl groups is 2. The Hall–Kier alpha value is -8.40. The van der Waals surface area contributed by atoms with Gasteiger partial charge in [0.1, 0.15) is 35.2 Å². The third-order valence-electron chi connectivity index (χ3n) is 10.6. The number of hydrogen-bond donors (Lipinski definition) is 8. The first-order valence-electron chi connectivity index (χ1n) is 21.1. The molecule has 0 heterocycles. The van der Waals surface area contributed by atoms with E-state index in [9.17, 15) is 49.2 Å². The Morgan fingerprint density at radius 2 is 1.05 bits per heavy atom. The fourth-order valence-corrected chi connectivity index (χ4v) is 7.11. The smallest absolute Gasteiger partial charge is 0.339 e. The van der Waals surface area contributed by atoms with E-state index in [4.69, 9.17) is 0 Å². The van der Waals surface area contributed by atoms with E-state index >= 15 is 0 Å². The number of unbranched alkanes of at least 4 members (excludes halogenated alkanes) is 1. The summed E-state index contributed by atoms with van der Waals surface area (Å²) in [7, 11) is 0. The zero-order valence-electron chi connectivity index (χ0n) is 35.6. The maximum absolute atomic E-state index is 14.1. The molecule has 0 spiro atoms. The fraction of sp³-hybridized carbons (Fsp3) is 0.200. The van der Waals surface area contributed by atoms with Crippen LogP contribution in [0.3, 0.4) is 0 Å². The number of aromatic carboxylic acids is 1. The Labute approximate surface area is 379 Å². The van der Waals surface area contributed by atoms with Gasteiger partial charge in [0.25, 0.3) is 5.91 Å².